The van der Waals surface area contributed by atoms with E-state index in [1.165, 1.54) is 0 Å². The van der Waals surface area contributed by atoms with Gasteiger partial charge < -0.3 is 9.57 Å². The highest BCUT2D eigenvalue weighted by Gasteiger charge is 2.32. The average molecular weight is 271 g/mol. The molecule has 0 aliphatic heterocycles. The summed E-state index contributed by atoms with van der Waals surface area (Å²) in [7, 11) is 0. The van der Waals surface area contributed by atoms with Crippen molar-refractivity contribution >= 4 is 12.1 Å². The van der Waals surface area contributed by atoms with Crippen molar-refractivity contribution in [2.24, 2.45) is 5.92 Å². The Morgan fingerprint density at radius 2 is 1.89 bits per heavy atom. The number of hydrogen-bond donors (Lipinski definition) is 0. The van der Waals surface area contributed by atoms with Crippen molar-refractivity contribution < 1.29 is 19.2 Å². The summed E-state index contributed by atoms with van der Waals surface area (Å²) >= 11 is 0. The summed E-state index contributed by atoms with van der Waals surface area (Å²) in [6, 6.07) is 0. The SMILES string of the molecule is CCCC(C)(C)OC(=O)N(CC)OC(=O)C1CCC1. The smallest absolute Gasteiger partial charge is 0.441 e. The normalized spacial score (nSPS) is 15.6. The van der Waals surface area contributed by atoms with E-state index in [2.05, 4.69) is 0 Å². The Kier molecular flexibility index (Phi) is 5.63. The first kappa shape index (κ1) is 15.8. The summed E-state index contributed by atoms with van der Waals surface area (Å²) in [6.07, 6.45) is 3.87. The van der Waals surface area contributed by atoms with Crippen LogP contribution in [0.4, 0.5) is 4.79 Å². The van der Waals surface area contributed by atoms with Gasteiger partial charge in [-0.1, -0.05) is 19.8 Å². The van der Waals surface area contributed by atoms with Crippen LogP contribution in [0.5, 0.6) is 0 Å². The Morgan fingerprint density at radius 1 is 1.26 bits per heavy atom. The molecule has 0 aromatic carbocycles. The minimum absolute atomic E-state index is 0.0505. The van der Waals surface area contributed by atoms with Crippen molar-refractivity contribution in [1.82, 2.24) is 5.06 Å². The summed E-state index contributed by atoms with van der Waals surface area (Å²) < 4.78 is 5.37. The molecular weight excluding hydrogens is 246 g/mol. The molecule has 0 saturated heterocycles. The average Bonchev–Trinajstić information content (AvgIpc) is 2.22. The second-order valence-corrected chi connectivity index (χ2v) is 5.61. The highest BCUT2D eigenvalue weighted by molar-refractivity contribution is 5.76. The number of hydroxylamine groups is 2. The quantitative estimate of drug-likeness (QED) is 0.720. The van der Waals surface area contributed by atoms with Crippen LogP contribution in [0, 0.1) is 5.92 Å². The number of nitrogens with zero attached hydrogens (tertiary/aromatic N) is 1. The van der Waals surface area contributed by atoms with Crippen molar-refractivity contribution in [3.63, 3.8) is 0 Å². The van der Waals surface area contributed by atoms with Crippen LogP contribution < -0.4 is 0 Å². The van der Waals surface area contributed by atoms with E-state index < -0.39 is 11.7 Å². The van der Waals surface area contributed by atoms with E-state index in [0.29, 0.717) is 6.54 Å². The first-order valence-corrected chi connectivity index (χ1v) is 7.12. The monoisotopic (exact) mass is 271 g/mol. The molecule has 110 valence electrons. The first-order chi connectivity index (χ1) is 8.89. The molecule has 0 spiro atoms. The van der Waals surface area contributed by atoms with E-state index in [4.69, 9.17) is 9.57 Å². The highest BCUT2D eigenvalue weighted by Crippen LogP contribution is 2.28. The fraction of sp³-hybridized carbons (Fsp3) is 0.857. The topological polar surface area (TPSA) is 55.8 Å². The predicted octanol–water partition coefficient (Wildman–Crippen LogP) is 3.28. The number of ether oxygens (including phenoxy) is 1. The van der Waals surface area contributed by atoms with Gasteiger partial charge in [-0.3, -0.25) is 0 Å². The second kappa shape index (κ2) is 6.78. The molecule has 0 aromatic rings. The Balaban J connectivity index is 2.48. The summed E-state index contributed by atoms with van der Waals surface area (Å²) in [4.78, 5) is 28.8. The number of amides is 1. The van der Waals surface area contributed by atoms with E-state index in [1.54, 1.807) is 6.92 Å². The number of carbonyl (C=O) groups excluding carboxylic acids is 2. The van der Waals surface area contributed by atoms with Crippen LogP contribution in [0.15, 0.2) is 0 Å². The van der Waals surface area contributed by atoms with Gasteiger partial charge in [0.15, 0.2) is 0 Å². The summed E-state index contributed by atoms with van der Waals surface area (Å²) in [5.74, 6) is -0.371. The molecular formula is C14H25NO4. The fourth-order valence-electron chi connectivity index (χ4n) is 2.00. The van der Waals surface area contributed by atoms with E-state index in [0.717, 1.165) is 37.2 Å². The fourth-order valence-corrected chi connectivity index (χ4v) is 2.00. The van der Waals surface area contributed by atoms with E-state index in [-0.39, 0.29) is 11.9 Å². The first-order valence-electron chi connectivity index (χ1n) is 7.12. The minimum Gasteiger partial charge on any atom is -0.441 e. The van der Waals surface area contributed by atoms with E-state index in [1.807, 2.05) is 20.8 Å². The van der Waals surface area contributed by atoms with Crippen LogP contribution in [-0.2, 0) is 14.4 Å². The van der Waals surface area contributed by atoms with Gasteiger partial charge in [-0.2, -0.15) is 0 Å². The zero-order valence-corrected chi connectivity index (χ0v) is 12.4. The molecule has 0 unspecified atom stereocenters. The van der Waals surface area contributed by atoms with Crippen LogP contribution in [-0.4, -0.2) is 29.3 Å². The maximum Gasteiger partial charge on any atom is 0.443 e. The van der Waals surface area contributed by atoms with Crippen LogP contribution in [0.1, 0.15) is 59.8 Å². The van der Waals surface area contributed by atoms with Gasteiger partial charge in [0.05, 0.1) is 12.5 Å². The number of carbonyl (C=O) groups is 2. The van der Waals surface area contributed by atoms with Crippen molar-refractivity contribution in [2.75, 3.05) is 6.54 Å². The maximum atomic E-state index is 12.0. The molecule has 0 heterocycles. The van der Waals surface area contributed by atoms with Gasteiger partial charge in [0.2, 0.25) is 0 Å². The molecule has 0 radical (unpaired) electrons. The molecule has 19 heavy (non-hydrogen) atoms. The Labute approximate surface area is 115 Å². The lowest BCUT2D eigenvalue weighted by atomic mass is 9.86. The third-order valence-electron chi connectivity index (χ3n) is 3.35. The van der Waals surface area contributed by atoms with Crippen LogP contribution in [0.3, 0.4) is 0 Å². The molecule has 0 aromatic heterocycles. The molecule has 0 atom stereocenters. The number of hydrogen-bond acceptors (Lipinski definition) is 4. The lowest BCUT2D eigenvalue weighted by molar-refractivity contribution is -0.192. The third kappa shape index (κ3) is 4.73. The summed E-state index contributed by atoms with van der Waals surface area (Å²) in [5, 5.41) is 1.01. The predicted molar refractivity (Wildman–Crippen MR) is 71.3 cm³/mol. The molecule has 0 N–H and O–H groups in total. The largest absolute Gasteiger partial charge is 0.443 e. The molecule has 1 fully saturated rings. The molecule has 0 bridgehead atoms. The van der Waals surface area contributed by atoms with Crippen molar-refractivity contribution in [3.05, 3.63) is 0 Å². The lowest BCUT2D eigenvalue weighted by Gasteiger charge is -2.30. The highest BCUT2D eigenvalue weighted by atomic mass is 16.8. The Morgan fingerprint density at radius 3 is 2.32 bits per heavy atom. The summed E-state index contributed by atoms with van der Waals surface area (Å²) in [5.41, 5.74) is -0.540. The van der Waals surface area contributed by atoms with Gasteiger partial charge in [0.25, 0.3) is 0 Å². The third-order valence-corrected chi connectivity index (χ3v) is 3.35. The van der Waals surface area contributed by atoms with Gasteiger partial charge >= 0.3 is 12.1 Å². The maximum absolute atomic E-state index is 12.0. The van der Waals surface area contributed by atoms with Crippen molar-refractivity contribution in [2.45, 2.75) is 65.4 Å². The van der Waals surface area contributed by atoms with Gasteiger partial charge in [-0.25, -0.2) is 9.59 Å². The van der Waals surface area contributed by atoms with Gasteiger partial charge in [-0.05, 0) is 40.0 Å². The zero-order valence-electron chi connectivity index (χ0n) is 12.4. The molecule has 1 amide bonds. The standard InChI is InChI=1S/C14H25NO4/c1-5-10-14(3,4)18-13(17)15(6-2)19-12(16)11-8-7-9-11/h11H,5-10H2,1-4H3. The molecule has 5 nitrogen and oxygen atoms in total. The van der Waals surface area contributed by atoms with Gasteiger partial charge in [0, 0.05) is 0 Å². The molecule has 1 aliphatic carbocycles. The van der Waals surface area contributed by atoms with Crippen LogP contribution in [0.25, 0.3) is 0 Å². The number of rotatable bonds is 5. The minimum atomic E-state index is -0.589. The molecule has 1 aliphatic rings. The second-order valence-electron chi connectivity index (χ2n) is 5.61. The van der Waals surface area contributed by atoms with Crippen molar-refractivity contribution in [3.8, 4) is 0 Å². The Hall–Kier alpha value is -1.26. The zero-order chi connectivity index (χ0) is 14.5. The molecule has 1 rings (SSSR count). The lowest BCUT2D eigenvalue weighted by Crippen LogP contribution is -2.41. The van der Waals surface area contributed by atoms with Crippen LogP contribution in [0.2, 0.25) is 0 Å². The van der Waals surface area contributed by atoms with E-state index in [9.17, 15) is 9.59 Å². The Bertz CT molecular complexity index is 323. The van der Waals surface area contributed by atoms with Gasteiger partial charge in [0.1, 0.15) is 5.60 Å². The van der Waals surface area contributed by atoms with Crippen molar-refractivity contribution in [1.29, 1.82) is 0 Å². The van der Waals surface area contributed by atoms with Crippen LogP contribution >= 0.6 is 0 Å². The van der Waals surface area contributed by atoms with Gasteiger partial charge in [-0.15, -0.1) is 5.06 Å². The molecule has 5 heteroatoms. The van der Waals surface area contributed by atoms with E-state index >= 15 is 0 Å². The summed E-state index contributed by atoms with van der Waals surface area (Å²) in [6.45, 7) is 7.79. The molecule has 1 saturated carbocycles.